The Balaban J connectivity index is 1.16. The largest absolute Gasteiger partial charge is 0.310 e. The summed E-state index contributed by atoms with van der Waals surface area (Å²) in [5.74, 6) is 0.573. The summed E-state index contributed by atoms with van der Waals surface area (Å²) in [7, 11) is 0. The van der Waals surface area contributed by atoms with Crippen LogP contribution in [0, 0.1) is 5.92 Å². The van der Waals surface area contributed by atoms with Crippen LogP contribution in [0.15, 0.2) is 169 Å². The zero-order chi connectivity index (χ0) is 33.1. The van der Waals surface area contributed by atoms with Gasteiger partial charge in [0.15, 0.2) is 0 Å². The molecule has 0 N–H and O–H groups in total. The van der Waals surface area contributed by atoms with Crippen LogP contribution < -0.4 is 4.90 Å². The third-order valence-electron chi connectivity index (χ3n) is 10.9. The summed E-state index contributed by atoms with van der Waals surface area (Å²) in [5.41, 5.74) is 14.2. The van der Waals surface area contributed by atoms with Gasteiger partial charge in [-0.25, -0.2) is 0 Å². The second-order valence-electron chi connectivity index (χ2n) is 14.3. The quantitative estimate of drug-likeness (QED) is 0.183. The topological polar surface area (TPSA) is 3.24 Å². The van der Waals surface area contributed by atoms with E-state index < -0.39 is 0 Å². The molecule has 0 fully saturated rings. The summed E-state index contributed by atoms with van der Waals surface area (Å²) >= 11 is 0. The minimum absolute atomic E-state index is 0.0121. The SMILES string of the molecule is CC1C=CC2=C(C1)C(C)(C)c1cc(N(c3ccc(-c4cccc5ccccc45)cc3)c3ccc(-c4cccc5ccccc45)cc3)ccc12. The minimum atomic E-state index is -0.0121. The molecule has 49 heavy (non-hydrogen) atoms. The molecule has 2 aliphatic carbocycles. The van der Waals surface area contributed by atoms with E-state index in [0.29, 0.717) is 5.92 Å². The molecule has 1 nitrogen and oxygen atoms in total. The zero-order valence-corrected chi connectivity index (χ0v) is 28.3. The predicted octanol–water partition coefficient (Wildman–Crippen LogP) is 13.4. The molecule has 0 saturated heterocycles. The number of nitrogens with zero attached hydrogens (tertiary/aromatic N) is 1. The van der Waals surface area contributed by atoms with Gasteiger partial charge in [-0.1, -0.05) is 154 Å². The molecule has 1 atom stereocenters. The first-order valence-corrected chi connectivity index (χ1v) is 17.5. The molecule has 0 spiro atoms. The molecule has 0 heterocycles. The average Bonchev–Trinajstić information content (AvgIpc) is 3.36. The maximum atomic E-state index is 2.45. The normalized spacial score (nSPS) is 16.2. The van der Waals surface area contributed by atoms with Gasteiger partial charge < -0.3 is 4.90 Å². The maximum Gasteiger partial charge on any atom is 0.0465 e. The summed E-state index contributed by atoms with van der Waals surface area (Å²) in [4.78, 5) is 2.42. The maximum absolute atomic E-state index is 2.45. The van der Waals surface area contributed by atoms with Gasteiger partial charge in [0.2, 0.25) is 0 Å². The van der Waals surface area contributed by atoms with Crippen LogP contribution in [0.3, 0.4) is 0 Å². The number of hydrogen-bond acceptors (Lipinski definition) is 1. The highest BCUT2D eigenvalue weighted by molar-refractivity contribution is 5.98. The molecule has 9 rings (SSSR count). The summed E-state index contributed by atoms with van der Waals surface area (Å²) in [6, 6.07) is 55.8. The molecule has 0 saturated carbocycles. The Bertz CT molecular complexity index is 2310. The Labute approximate surface area is 289 Å². The van der Waals surface area contributed by atoms with Gasteiger partial charge in [-0.2, -0.15) is 0 Å². The van der Waals surface area contributed by atoms with Crippen LogP contribution in [0.5, 0.6) is 0 Å². The molecule has 1 heteroatoms. The fourth-order valence-electron chi connectivity index (χ4n) is 8.27. The van der Waals surface area contributed by atoms with Crippen molar-refractivity contribution in [2.45, 2.75) is 32.6 Å². The Hall–Kier alpha value is -5.66. The first-order valence-electron chi connectivity index (χ1n) is 17.5. The molecular weight excluding hydrogens is 591 g/mol. The van der Waals surface area contributed by atoms with Crippen LogP contribution in [0.2, 0.25) is 0 Å². The van der Waals surface area contributed by atoms with E-state index in [-0.39, 0.29) is 5.41 Å². The lowest BCUT2D eigenvalue weighted by atomic mass is 9.76. The van der Waals surface area contributed by atoms with Crippen molar-refractivity contribution in [2.75, 3.05) is 4.90 Å². The van der Waals surface area contributed by atoms with Crippen LogP contribution in [-0.4, -0.2) is 0 Å². The third kappa shape index (κ3) is 4.92. The molecule has 7 aromatic rings. The van der Waals surface area contributed by atoms with E-state index in [0.717, 1.165) is 17.8 Å². The number of allylic oxidation sites excluding steroid dienone is 4. The van der Waals surface area contributed by atoms with Crippen LogP contribution in [0.25, 0.3) is 49.4 Å². The highest BCUT2D eigenvalue weighted by Crippen LogP contribution is 2.52. The molecule has 236 valence electrons. The van der Waals surface area contributed by atoms with Gasteiger partial charge in [-0.05, 0) is 109 Å². The van der Waals surface area contributed by atoms with Gasteiger partial charge in [0.25, 0.3) is 0 Å². The van der Waals surface area contributed by atoms with E-state index in [4.69, 9.17) is 0 Å². The van der Waals surface area contributed by atoms with Crippen LogP contribution in [0.1, 0.15) is 38.3 Å². The van der Waals surface area contributed by atoms with E-state index in [1.807, 2.05) is 0 Å². The molecule has 0 bridgehead atoms. The molecule has 0 radical (unpaired) electrons. The number of hydrogen-bond donors (Lipinski definition) is 0. The monoisotopic (exact) mass is 629 g/mol. The Morgan fingerprint density at radius 2 is 1.04 bits per heavy atom. The van der Waals surface area contributed by atoms with E-state index in [1.165, 1.54) is 66.2 Å². The highest BCUT2D eigenvalue weighted by Gasteiger charge is 2.38. The van der Waals surface area contributed by atoms with Crippen molar-refractivity contribution >= 4 is 44.2 Å². The van der Waals surface area contributed by atoms with Gasteiger partial charge in [0.1, 0.15) is 0 Å². The molecular formula is C48H39N. The summed E-state index contributed by atoms with van der Waals surface area (Å²) in [5, 5.41) is 5.08. The van der Waals surface area contributed by atoms with Crippen molar-refractivity contribution < 1.29 is 0 Å². The van der Waals surface area contributed by atoms with Gasteiger partial charge in [0, 0.05) is 22.5 Å². The molecule has 0 aromatic heterocycles. The lowest BCUT2D eigenvalue weighted by Crippen LogP contribution is -2.20. The van der Waals surface area contributed by atoms with Crippen molar-refractivity contribution in [2.24, 2.45) is 5.92 Å². The van der Waals surface area contributed by atoms with Gasteiger partial charge in [-0.15, -0.1) is 0 Å². The van der Waals surface area contributed by atoms with Crippen molar-refractivity contribution in [1.29, 1.82) is 0 Å². The highest BCUT2D eigenvalue weighted by atomic mass is 15.1. The summed E-state index contributed by atoms with van der Waals surface area (Å²) in [6.07, 6.45) is 5.86. The first kappa shape index (κ1) is 29.5. The molecule has 2 aliphatic rings. The van der Waals surface area contributed by atoms with Crippen molar-refractivity contribution in [1.82, 2.24) is 0 Å². The minimum Gasteiger partial charge on any atom is -0.310 e. The lowest BCUT2D eigenvalue weighted by Gasteiger charge is -2.30. The van der Waals surface area contributed by atoms with Crippen molar-refractivity contribution in [3.05, 3.63) is 181 Å². The van der Waals surface area contributed by atoms with Gasteiger partial charge >= 0.3 is 0 Å². The first-order chi connectivity index (χ1) is 24.0. The fraction of sp³-hybridized carbons (Fsp3) is 0.125. The number of rotatable bonds is 5. The van der Waals surface area contributed by atoms with Crippen LogP contribution in [0.4, 0.5) is 17.1 Å². The van der Waals surface area contributed by atoms with Crippen molar-refractivity contribution in [3.63, 3.8) is 0 Å². The summed E-state index contributed by atoms with van der Waals surface area (Å²) < 4.78 is 0. The smallest absolute Gasteiger partial charge is 0.0465 e. The van der Waals surface area contributed by atoms with E-state index in [9.17, 15) is 0 Å². The zero-order valence-electron chi connectivity index (χ0n) is 28.3. The molecule has 1 unspecified atom stereocenters. The third-order valence-corrected chi connectivity index (χ3v) is 10.9. The van der Waals surface area contributed by atoms with Gasteiger partial charge in [-0.3, -0.25) is 0 Å². The second kappa shape index (κ2) is 11.5. The standard InChI is InChI=1S/C48H39N/c1-32-18-28-44-45-29-27-39(31-47(45)48(2,3)46(44)30-32)49(37-23-19-35(20-24-37)42-16-8-12-33-10-4-6-14-40(33)42)38-25-21-36(22-26-38)43-17-9-13-34-11-5-7-15-41(34)43/h4-29,31-32H,30H2,1-3H3. The fourth-order valence-corrected chi connectivity index (χ4v) is 8.27. The molecule has 0 amide bonds. The van der Waals surface area contributed by atoms with Crippen LogP contribution in [-0.2, 0) is 5.41 Å². The predicted molar refractivity (Wildman–Crippen MR) is 210 cm³/mol. The van der Waals surface area contributed by atoms with Gasteiger partial charge in [0.05, 0.1) is 0 Å². The molecule has 0 aliphatic heterocycles. The Kier molecular flexibility index (Phi) is 6.91. The Morgan fingerprint density at radius 3 is 1.61 bits per heavy atom. The number of anilines is 3. The van der Waals surface area contributed by atoms with E-state index >= 15 is 0 Å². The second-order valence-corrected chi connectivity index (χ2v) is 14.3. The van der Waals surface area contributed by atoms with Crippen molar-refractivity contribution in [3.8, 4) is 22.3 Å². The summed E-state index contributed by atoms with van der Waals surface area (Å²) in [6.45, 7) is 7.15. The number of fused-ring (bicyclic) bond motifs is 4. The molecule has 7 aromatic carbocycles. The average molecular weight is 630 g/mol. The van der Waals surface area contributed by atoms with E-state index in [2.05, 4.69) is 189 Å². The van der Waals surface area contributed by atoms with E-state index in [1.54, 1.807) is 5.57 Å². The number of benzene rings is 7. The van der Waals surface area contributed by atoms with Crippen LogP contribution >= 0.6 is 0 Å². The Morgan fingerprint density at radius 1 is 0.531 bits per heavy atom. The lowest BCUT2D eigenvalue weighted by molar-refractivity contribution is 0.566.